The molecule has 2 aliphatic rings. The molecule has 0 saturated carbocycles. The lowest BCUT2D eigenvalue weighted by Gasteiger charge is -2.39. The molecule has 0 bridgehead atoms. The van der Waals surface area contributed by atoms with Crippen LogP contribution in [0.4, 0.5) is 20.6 Å². The minimum absolute atomic E-state index is 0.0645. The van der Waals surface area contributed by atoms with Crippen LogP contribution in [-0.4, -0.2) is 79.5 Å². The number of amides is 3. The number of rotatable bonds is 8. The van der Waals surface area contributed by atoms with Gasteiger partial charge < -0.3 is 30.0 Å². The van der Waals surface area contributed by atoms with E-state index in [1.54, 1.807) is 43.3 Å². The first-order chi connectivity index (χ1) is 23.2. The lowest BCUT2D eigenvalue weighted by Crippen LogP contribution is -2.58. The molecule has 14 heteroatoms. The van der Waals surface area contributed by atoms with Gasteiger partial charge in [0.15, 0.2) is 5.82 Å². The molecule has 2 aliphatic heterocycles. The third-order valence-electron chi connectivity index (χ3n) is 8.77. The predicted molar refractivity (Wildman–Crippen MR) is 182 cm³/mol. The summed E-state index contributed by atoms with van der Waals surface area (Å²) in [5, 5.41) is 8.73. The Hall–Kier alpha value is -4.88. The van der Waals surface area contributed by atoms with Crippen molar-refractivity contribution in [3.8, 4) is 11.5 Å². The van der Waals surface area contributed by atoms with Crippen LogP contribution in [0.1, 0.15) is 31.6 Å². The summed E-state index contributed by atoms with van der Waals surface area (Å²) in [6, 6.07) is 13.7. The monoisotopic (exact) mass is 677 g/mol. The molecule has 6 rings (SSSR count). The summed E-state index contributed by atoms with van der Waals surface area (Å²) in [6.07, 6.45) is 1.77. The van der Waals surface area contributed by atoms with Crippen molar-refractivity contribution in [1.82, 2.24) is 19.9 Å². The van der Waals surface area contributed by atoms with Gasteiger partial charge in [0.25, 0.3) is 5.56 Å². The second-order valence-electron chi connectivity index (χ2n) is 11.7. The van der Waals surface area contributed by atoms with E-state index in [-0.39, 0.29) is 23.3 Å². The minimum atomic E-state index is -0.869. The highest BCUT2D eigenvalue weighted by Crippen LogP contribution is 2.37. The second kappa shape index (κ2) is 14.1. The molecule has 0 unspecified atom stereocenters. The highest BCUT2D eigenvalue weighted by molar-refractivity contribution is 6.31. The third kappa shape index (κ3) is 6.60. The zero-order valence-electron chi connectivity index (χ0n) is 26.9. The Morgan fingerprint density at radius 2 is 1.79 bits per heavy atom. The van der Waals surface area contributed by atoms with E-state index in [0.29, 0.717) is 65.0 Å². The van der Waals surface area contributed by atoms with Crippen LogP contribution in [0.15, 0.2) is 65.5 Å². The van der Waals surface area contributed by atoms with Gasteiger partial charge in [0.1, 0.15) is 17.3 Å². The average molecular weight is 678 g/mol. The molecule has 0 aliphatic carbocycles. The van der Waals surface area contributed by atoms with Crippen molar-refractivity contribution < 1.29 is 23.5 Å². The molecule has 2 N–H and O–H groups in total. The Kier molecular flexibility index (Phi) is 9.69. The number of fused-ring (bicyclic) bond motifs is 1. The maximum Gasteiger partial charge on any atom is 0.327 e. The number of methoxy groups -OCH3 is 2. The molecule has 3 aromatic carbocycles. The van der Waals surface area contributed by atoms with E-state index in [4.69, 9.17) is 26.1 Å². The number of benzene rings is 3. The Bertz CT molecular complexity index is 1870. The molecule has 0 spiro atoms. The van der Waals surface area contributed by atoms with E-state index in [1.165, 1.54) is 48.1 Å². The summed E-state index contributed by atoms with van der Waals surface area (Å²) in [5.74, 6) is 0.728. The van der Waals surface area contributed by atoms with Crippen LogP contribution in [0.3, 0.4) is 0 Å². The van der Waals surface area contributed by atoms with E-state index in [9.17, 15) is 18.8 Å². The van der Waals surface area contributed by atoms with Crippen LogP contribution in [-0.2, 0) is 4.79 Å². The Morgan fingerprint density at radius 3 is 2.46 bits per heavy atom. The van der Waals surface area contributed by atoms with Gasteiger partial charge in [-0.05, 0) is 80.9 Å². The molecule has 2 saturated heterocycles. The normalized spacial score (nSPS) is 16.9. The molecular formula is C34H37ClFN7O5. The topological polar surface area (TPSA) is 121 Å². The molecule has 2 fully saturated rings. The Morgan fingerprint density at radius 1 is 1.04 bits per heavy atom. The van der Waals surface area contributed by atoms with Crippen molar-refractivity contribution in [2.45, 2.75) is 31.8 Å². The summed E-state index contributed by atoms with van der Waals surface area (Å²) in [5.41, 5.74) is 0.764. The van der Waals surface area contributed by atoms with Gasteiger partial charge in [0.05, 0.1) is 56.0 Å². The van der Waals surface area contributed by atoms with Crippen molar-refractivity contribution in [2.24, 2.45) is 0 Å². The van der Waals surface area contributed by atoms with Gasteiger partial charge in [0.2, 0.25) is 5.91 Å². The zero-order chi connectivity index (χ0) is 33.9. The van der Waals surface area contributed by atoms with Crippen LogP contribution < -0.4 is 35.6 Å². The summed E-state index contributed by atoms with van der Waals surface area (Å²) in [4.78, 5) is 49.8. The fraction of sp³-hybridized carbons (Fsp3) is 0.353. The van der Waals surface area contributed by atoms with Crippen LogP contribution in [0.25, 0.3) is 10.9 Å². The highest BCUT2D eigenvalue weighted by Gasteiger charge is 2.34. The molecule has 252 valence electrons. The first-order valence-corrected chi connectivity index (χ1v) is 16.1. The largest absolute Gasteiger partial charge is 0.497 e. The number of ether oxygens (including phenoxy) is 2. The first-order valence-electron chi connectivity index (χ1n) is 15.8. The number of hydrogen-bond acceptors (Lipinski definition) is 8. The van der Waals surface area contributed by atoms with Crippen molar-refractivity contribution in [3.05, 3.63) is 87.7 Å². The van der Waals surface area contributed by atoms with Crippen LogP contribution in [0.5, 0.6) is 11.5 Å². The van der Waals surface area contributed by atoms with E-state index < -0.39 is 17.9 Å². The Labute approximate surface area is 282 Å². The molecule has 12 nitrogen and oxygen atoms in total. The highest BCUT2D eigenvalue weighted by atomic mass is 35.5. The van der Waals surface area contributed by atoms with Crippen LogP contribution in [0.2, 0.25) is 5.02 Å². The Balaban J connectivity index is 1.44. The van der Waals surface area contributed by atoms with Crippen molar-refractivity contribution in [3.63, 3.8) is 0 Å². The number of carbonyl (C=O) groups excluding carboxylic acids is 2. The standard InChI is InChI=1S/C34H37ClFN7O5/c1-21(42(29-13-11-25(47-2)20-30(29)48-3)34(46)38-24-9-7-23(36)8-10-24)31-39-28-19-22(35)6-12-26(28)32(44)43(31)41-17-15-40(16-18-41)33(45)27-5-4-14-37-27/h6-13,19-21,27,37H,4-5,14-18H2,1-3H3,(H,38,46)/t21-,27-/m0/s1. The minimum Gasteiger partial charge on any atom is -0.497 e. The van der Waals surface area contributed by atoms with Gasteiger partial charge in [-0.15, -0.1) is 0 Å². The molecule has 1 aromatic heterocycles. The molecule has 3 heterocycles. The van der Waals surface area contributed by atoms with Crippen molar-refractivity contribution in [2.75, 3.05) is 62.2 Å². The lowest BCUT2D eigenvalue weighted by molar-refractivity contribution is -0.133. The van der Waals surface area contributed by atoms with E-state index in [0.717, 1.165) is 19.4 Å². The number of carbonyl (C=O) groups is 2. The van der Waals surface area contributed by atoms with Crippen molar-refractivity contribution in [1.29, 1.82) is 0 Å². The fourth-order valence-corrected chi connectivity index (χ4v) is 6.42. The zero-order valence-corrected chi connectivity index (χ0v) is 27.7. The quantitative estimate of drug-likeness (QED) is 0.279. The molecule has 4 aromatic rings. The van der Waals surface area contributed by atoms with Gasteiger partial charge in [-0.1, -0.05) is 11.6 Å². The van der Waals surface area contributed by atoms with Crippen LogP contribution >= 0.6 is 11.6 Å². The van der Waals surface area contributed by atoms with Crippen molar-refractivity contribution >= 4 is 45.8 Å². The average Bonchev–Trinajstić information content (AvgIpc) is 3.64. The number of nitrogens with one attached hydrogen (secondary N) is 2. The SMILES string of the molecule is COc1ccc(N(C(=O)Nc2ccc(F)cc2)[C@@H](C)c2nc3cc(Cl)ccc3c(=O)n2N2CCN(C(=O)[C@@H]3CCCN3)CC2)c(OC)c1. The number of halogens is 2. The number of aromatic nitrogens is 2. The number of hydrogen-bond donors (Lipinski definition) is 2. The summed E-state index contributed by atoms with van der Waals surface area (Å²) in [6.45, 7) is 4.14. The maximum atomic E-state index is 14.3. The van der Waals surface area contributed by atoms with Crippen LogP contribution in [0, 0.1) is 5.82 Å². The fourth-order valence-electron chi connectivity index (χ4n) is 6.25. The second-order valence-corrected chi connectivity index (χ2v) is 12.1. The summed E-state index contributed by atoms with van der Waals surface area (Å²) >= 11 is 6.34. The molecule has 0 radical (unpaired) electrons. The smallest absolute Gasteiger partial charge is 0.327 e. The molecule has 48 heavy (non-hydrogen) atoms. The molecule has 3 amide bonds. The third-order valence-corrected chi connectivity index (χ3v) is 9.00. The molecular weight excluding hydrogens is 641 g/mol. The maximum absolute atomic E-state index is 14.3. The van der Waals surface area contributed by atoms with E-state index >= 15 is 0 Å². The number of urea groups is 1. The first kappa shape index (κ1) is 33.0. The van der Waals surface area contributed by atoms with Gasteiger partial charge in [-0.3, -0.25) is 14.5 Å². The number of anilines is 2. The lowest BCUT2D eigenvalue weighted by atomic mass is 10.1. The van der Waals surface area contributed by atoms with E-state index in [1.807, 2.05) is 9.91 Å². The van der Waals surface area contributed by atoms with E-state index in [2.05, 4.69) is 10.6 Å². The number of nitrogens with zero attached hydrogens (tertiary/aromatic N) is 5. The summed E-state index contributed by atoms with van der Waals surface area (Å²) < 4.78 is 26.3. The number of piperazine rings is 1. The predicted octanol–water partition coefficient (Wildman–Crippen LogP) is 4.54. The van der Waals surface area contributed by atoms with Gasteiger partial charge >= 0.3 is 6.03 Å². The van der Waals surface area contributed by atoms with Gasteiger partial charge in [-0.2, -0.15) is 0 Å². The van der Waals surface area contributed by atoms with Gasteiger partial charge in [0, 0.05) is 29.9 Å². The summed E-state index contributed by atoms with van der Waals surface area (Å²) in [7, 11) is 3.00. The van der Waals surface area contributed by atoms with Gasteiger partial charge in [-0.25, -0.2) is 18.8 Å². The molecule has 2 atom stereocenters.